The van der Waals surface area contributed by atoms with Crippen molar-refractivity contribution in [1.82, 2.24) is 24.7 Å². The molecule has 9 heteroatoms. The van der Waals surface area contributed by atoms with E-state index in [9.17, 15) is 13.2 Å². The van der Waals surface area contributed by atoms with Gasteiger partial charge in [-0.15, -0.1) is 0 Å². The number of fused-ring (bicyclic) bond motifs is 1. The van der Waals surface area contributed by atoms with Gasteiger partial charge >= 0.3 is 0 Å². The molecule has 1 amide bonds. The van der Waals surface area contributed by atoms with Gasteiger partial charge in [-0.2, -0.15) is 5.10 Å². The summed E-state index contributed by atoms with van der Waals surface area (Å²) in [7, 11) is -1.49. The van der Waals surface area contributed by atoms with E-state index in [-0.39, 0.29) is 11.8 Å². The smallest absolute Gasteiger partial charge is 0.253 e. The van der Waals surface area contributed by atoms with Crippen molar-refractivity contribution in [3.8, 4) is 0 Å². The zero-order valence-electron chi connectivity index (χ0n) is 17.3. The molecule has 30 heavy (non-hydrogen) atoms. The van der Waals surface area contributed by atoms with E-state index in [0.717, 1.165) is 54.4 Å². The summed E-state index contributed by atoms with van der Waals surface area (Å²) in [4.78, 5) is 14.9. The van der Waals surface area contributed by atoms with Gasteiger partial charge in [0.1, 0.15) is 0 Å². The number of carbonyl (C=O) groups excluding carboxylic acids is 1. The first-order valence-electron chi connectivity index (χ1n) is 10.5. The maximum Gasteiger partial charge on any atom is 0.253 e. The number of aromatic nitrogens is 2. The fourth-order valence-electron chi connectivity index (χ4n) is 4.48. The third kappa shape index (κ3) is 4.28. The molecule has 2 fully saturated rings. The first-order valence-corrected chi connectivity index (χ1v) is 12.0. The van der Waals surface area contributed by atoms with Gasteiger partial charge in [0.15, 0.2) is 0 Å². The maximum atomic E-state index is 13.1. The number of nitrogens with zero attached hydrogens (tertiary/aromatic N) is 3. The van der Waals surface area contributed by atoms with E-state index in [1.807, 2.05) is 34.8 Å². The quantitative estimate of drug-likeness (QED) is 0.724. The number of amides is 1. The van der Waals surface area contributed by atoms with Gasteiger partial charge in [-0.1, -0.05) is 6.58 Å². The SMILES string of the molecule is C=CS(=O)(=O)NC[C@H]1CCN(C(=O)c2ccc3c(c2)c(C2CCNCC2)nn3C)C1. The lowest BCUT2D eigenvalue weighted by Crippen LogP contribution is -2.32. The molecule has 4 rings (SSSR count). The van der Waals surface area contributed by atoms with Crippen LogP contribution >= 0.6 is 0 Å². The summed E-state index contributed by atoms with van der Waals surface area (Å²) >= 11 is 0. The molecule has 162 valence electrons. The molecule has 1 aromatic heterocycles. The van der Waals surface area contributed by atoms with E-state index in [1.165, 1.54) is 0 Å². The second-order valence-corrected chi connectivity index (χ2v) is 9.94. The highest BCUT2D eigenvalue weighted by atomic mass is 32.2. The molecule has 0 spiro atoms. The van der Waals surface area contributed by atoms with Gasteiger partial charge in [0.05, 0.1) is 11.2 Å². The number of piperidine rings is 1. The lowest BCUT2D eigenvalue weighted by molar-refractivity contribution is 0.0787. The highest BCUT2D eigenvalue weighted by molar-refractivity contribution is 7.92. The molecule has 8 nitrogen and oxygen atoms in total. The molecule has 0 saturated carbocycles. The minimum atomic E-state index is -3.44. The third-order valence-corrected chi connectivity index (χ3v) is 7.23. The Bertz CT molecular complexity index is 1060. The van der Waals surface area contributed by atoms with Crippen LogP contribution in [0.3, 0.4) is 0 Å². The molecule has 2 aliphatic heterocycles. The molecule has 0 radical (unpaired) electrons. The highest BCUT2D eigenvalue weighted by Gasteiger charge is 2.28. The Balaban J connectivity index is 1.50. The van der Waals surface area contributed by atoms with E-state index in [4.69, 9.17) is 5.10 Å². The topological polar surface area (TPSA) is 96.3 Å². The maximum absolute atomic E-state index is 13.1. The van der Waals surface area contributed by atoms with E-state index < -0.39 is 10.0 Å². The molecule has 3 heterocycles. The molecule has 0 aliphatic carbocycles. The van der Waals surface area contributed by atoms with Gasteiger partial charge in [0, 0.05) is 49.0 Å². The number of sulfonamides is 1. The molecular weight excluding hydrogens is 402 g/mol. The number of carbonyl (C=O) groups is 1. The van der Waals surface area contributed by atoms with Crippen LogP contribution in [0.1, 0.15) is 41.2 Å². The van der Waals surface area contributed by atoms with Crippen LogP contribution in [0.15, 0.2) is 30.2 Å². The van der Waals surface area contributed by atoms with Crippen molar-refractivity contribution >= 4 is 26.8 Å². The normalized spacial score (nSPS) is 20.7. The summed E-state index contributed by atoms with van der Waals surface area (Å²) in [5, 5.41) is 10.1. The third-order valence-electron chi connectivity index (χ3n) is 6.22. The first kappa shape index (κ1) is 21.0. The van der Waals surface area contributed by atoms with Gasteiger partial charge in [-0.25, -0.2) is 13.1 Å². The van der Waals surface area contributed by atoms with Gasteiger partial charge in [0.25, 0.3) is 5.91 Å². The van der Waals surface area contributed by atoms with Crippen molar-refractivity contribution in [3.63, 3.8) is 0 Å². The number of aryl methyl sites for hydroxylation is 1. The van der Waals surface area contributed by atoms with Gasteiger partial charge in [-0.3, -0.25) is 9.48 Å². The summed E-state index contributed by atoms with van der Waals surface area (Å²) in [6.45, 7) is 6.78. The largest absolute Gasteiger partial charge is 0.338 e. The number of benzene rings is 1. The lowest BCUT2D eigenvalue weighted by atomic mass is 9.92. The Morgan fingerprint density at radius 3 is 2.83 bits per heavy atom. The minimum Gasteiger partial charge on any atom is -0.338 e. The van der Waals surface area contributed by atoms with Gasteiger partial charge in [0.2, 0.25) is 10.0 Å². The molecule has 0 bridgehead atoms. The fourth-order valence-corrected chi connectivity index (χ4v) is 5.07. The summed E-state index contributed by atoms with van der Waals surface area (Å²) in [5.41, 5.74) is 2.79. The summed E-state index contributed by atoms with van der Waals surface area (Å²) in [6.07, 6.45) is 2.89. The minimum absolute atomic E-state index is 0.00825. The van der Waals surface area contributed by atoms with Crippen LogP contribution in [0, 0.1) is 5.92 Å². The fraction of sp³-hybridized carbons (Fsp3) is 0.524. The van der Waals surface area contributed by atoms with Crippen molar-refractivity contribution < 1.29 is 13.2 Å². The Morgan fingerprint density at radius 2 is 2.10 bits per heavy atom. The summed E-state index contributed by atoms with van der Waals surface area (Å²) < 4.78 is 27.5. The Kier molecular flexibility index (Phi) is 5.95. The zero-order chi connectivity index (χ0) is 21.3. The van der Waals surface area contributed by atoms with E-state index in [0.29, 0.717) is 31.1 Å². The molecule has 2 aromatic rings. The summed E-state index contributed by atoms with van der Waals surface area (Å²) in [5.74, 6) is 0.511. The zero-order valence-corrected chi connectivity index (χ0v) is 18.1. The molecular formula is C21H29N5O3S. The Hall–Kier alpha value is -2.23. The van der Waals surface area contributed by atoms with E-state index in [2.05, 4.69) is 16.6 Å². The number of hydrogen-bond donors (Lipinski definition) is 2. The first-order chi connectivity index (χ1) is 14.4. The molecule has 0 unspecified atom stereocenters. The Labute approximate surface area is 177 Å². The second kappa shape index (κ2) is 8.49. The Morgan fingerprint density at radius 1 is 1.33 bits per heavy atom. The molecule has 2 aliphatic rings. The molecule has 1 atom stereocenters. The monoisotopic (exact) mass is 431 g/mol. The average Bonchev–Trinajstić information content (AvgIpc) is 3.37. The predicted molar refractivity (Wildman–Crippen MR) is 117 cm³/mol. The predicted octanol–water partition coefficient (Wildman–Crippen LogP) is 1.57. The number of nitrogens with one attached hydrogen (secondary N) is 2. The van der Waals surface area contributed by atoms with E-state index >= 15 is 0 Å². The molecule has 2 saturated heterocycles. The van der Waals surface area contributed by atoms with Gasteiger partial charge in [-0.05, 0) is 56.5 Å². The van der Waals surface area contributed by atoms with Crippen molar-refractivity contribution in [3.05, 3.63) is 41.4 Å². The highest BCUT2D eigenvalue weighted by Crippen LogP contribution is 2.31. The van der Waals surface area contributed by atoms with Crippen molar-refractivity contribution in [1.29, 1.82) is 0 Å². The van der Waals surface area contributed by atoms with Crippen molar-refractivity contribution in [2.45, 2.75) is 25.2 Å². The summed E-state index contributed by atoms with van der Waals surface area (Å²) in [6, 6.07) is 5.83. The van der Waals surface area contributed by atoms with Crippen molar-refractivity contribution in [2.75, 3.05) is 32.7 Å². The van der Waals surface area contributed by atoms with Gasteiger partial charge < -0.3 is 10.2 Å². The van der Waals surface area contributed by atoms with Crippen LogP contribution in [0.5, 0.6) is 0 Å². The lowest BCUT2D eigenvalue weighted by Gasteiger charge is -2.21. The van der Waals surface area contributed by atoms with Crippen LogP contribution in [0.25, 0.3) is 10.9 Å². The standard InChI is InChI=1S/C21H29N5O3S/c1-3-30(28,29)23-13-15-8-11-26(14-15)21(27)17-4-5-19-18(12-17)20(24-25(19)2)16-6-9-22-10-7-16/h3-5,12,15-16,22-23H,1,6-11,13-14H2,2H3/t15-/m1/s1. The number of rotatable bonds is 6. The van der Waals surface area contributed by atoms with Crippen molar-refractivity contribution in [2.24, 2.45) is 13.0 Å². The van der Waals surface area contributed by atoms with Crippen LogP contribution in [-0.4, -0.2) is 61.7 Å². The molecule has 1 aromatic carbocycles. The molecule has 2 N–H and O–H groups in total. The van der Waals surface area contributed by atoms with Crippen LogP contribution in [0.4, 0.5) is 0 Å². The van der Waals surface area contributed by atoms with Crippen LogP contribution in [-0.2, 0) is 17.1 Å². The number of hydrogen-bond acceptors (Lipinski definition) is 5. The van der Waals surface area contributed by atoms with Crippen LogP contribution < -0.4 is 10.0 Å². The van der Waals surface area contributed by atoms with E-state index in [1.54, 1.807) is 0 Å². The number of likely N-dealkylation sites (tertiary alicyclic amines) is 1. The average molecular weight is 432 g/mol. The second-order valence-electron chi connectivity index (χ2n) is 8.23. The van der Waals surface area contributed by atoms with Crippen LogP contribution in [0.2, 0.25) is 0 Å².